The van der Waals surface area contributed by atoms with Gasteiger partial charge in [-0.25, -0.2) is 4.98 Å². The summed E-state index contributed by atoms with van der Waals surface area (Å²) < 4.78 is 5.30. The molecule has 7 heteroatoms. The van der Waals surface area contributed by atoms with Crippen LogP contribution in [0.1, 0.15) is 0 Å². The Labute approximate surface area is 171 Å². The molecule has 7 nitrogen and oxygen atoms in total. The minimum absolute atomic E-state index is 0.0187. The van der Waals surface area contributed by atoms with Gasteiger partial charge in [-0.2, -0.15) is 0 Å². The molecule has 0 bridgehead atoms. The summed E-state index contributed by atoms with van der Waals surface area (Å²) in [5.41, 5.74) is 9.13. The molecule has 3 aromatic carbocycles. The van der Waals surface area contributed by atoms with E-state index < -0.39 is 10.8 Å². The Morgan fingerprint density at radius 3 is 2.37 bits per heavy atom. The fraction of sp³-hybridized carbons (Fsp3) is 0.0435. The normalized spacial score (nSPS) is 10.7. The summed E-state index contributed by atoms with van der Waals surface area (Å²) >= 11 is 0. The van der Waals surface area contributed by atoms with E-state index >= 15 is 0 Å². The first-order chi connectivity index (χ1) is 14.5. The van der Waals surface area contributed by atoms with Crippen LogP contribution in [0.4, 0.5) is 5.69 Å². The Balaban J connectivity index is 1.82. The van der Waals surface area contributed by atoms with E-state index in [1.807, 2.05) is 48.5 Å². The molecule has 0 saturated carbocycles. The monoisotopic (exact) mass is 399 g/mol. The summed E-state index contributed by atoms with van der Waals surface area (Å²) in [7, 11) is 0. The van der Waals surface area contributed by atoms with Crippen molar-refractivity contribution in [3.8, 4) is 28.1 Å². The van der Waals surface area contributed by atoms with Gasteiger partial charge in [0.25, 0.3) is 11.6 Å². The molecule has 2 N–H and O–H groups in total. The summed E-state index contributed by atoms with van der Waals surface area (Å²) in [6.45, 7) is -0.190. The van der Waals surface area contributed by atoms with E-state index in [1.54, 1.807) is 24.3 Å². The smallest absolute Gasteiger partial charge is 0.270 e. The second-order valence-corrected chi connectivity index (χ2v) is 6.66. The lowest BCUT2D eigenvalue weighted by molar-refractivity contribution is -0.384. The van der Waals surface area contributed by atoms with Gasteiger partial charge in [-0.1, -0.05) is 30.3 Å². The largest absolute Gasteiger partial charge is 0.484 e. The number of aromatic nitrogens is 1. The molecule has 1 heterocycles. The first kappa shape index (κ1) is 19.1. The highest BCUT2D eigenvalue weighted by atomic mass is 16.6. The van der Waals surface area contributed by atoms with Crippen molar-refractivity contribution in [3.05, 3.63) is 89.0 Å². The molecule has 30 heavy (non-hydrogen) atoms. The number of nitro groups is 1. The molecule has 148 valence electrons. The van der Waals surface area contributed by atoms with Crippen molar-refractivity contribution in [2.45, 2.75) is 0 Å². The van der Waals surface area contributed by atoms with Crippen LogP contribution in [0, 0.1) is 10.1 Å². The summed E-state index contributed by atoms with van der Waals surface area (Å²) in [5.74, 6) is -0.0193. The number of carbonyl (C=O) groups excluding carboxylic acids is 1. The van der Waals surface area contributed by atoms with E-state index in [9.17, 15) is 14.9 Å². The maximum Gasteiger partial charge on any atom is 0.270 e. The van der Waals surface area contributed by atoms with Gasteiger partial charge in [-0.15, -0.1) is 0 Å². The highest BCUT2D eigenvalue weighted by Crippen LogP contribution is 2.34. The minimum Gasteiger partial charge on any atom is -0.484 e. The molecule has 0 atom stereocenters. The number of carbonyl (C=O) groups is 1. The lowest BCUT2D eigenvalue weighted by atomic mass is 9.98. The standard InChI is InChI=1S/C23H17N3O4/c24-23(27)14-30-18-9-6-16(7-10-18)22-13-19(15-4-2-1-3-5-15)20-12-17(26(28)29)8-11-21(20)25-22/h1-13H,14H2,(H2,24,27). The molecule has 0 aliphatic heterocycles. The first-order valence-electron chi connectivity index (χ1n) is 9.17. The Hall–Kier alpha value is -4.26. The quantitative estimate of drug-likeness (QED) is 0.383. The molecular weight excluding hydrogens is 382 g/mol. The van der Waals surface area contributed by atoms with Crippen LogP contribution in [0.3, 0.4) is 0 Å². The Morgan fingerprint density at radius 2 is 1.70 bits per heavy atom. The van der Waals surface area contributed by atoms with E-state index in [-0.39, 0.29) is 12.3 Å². The second kappa shape index (κ2) is 8.00. The highest BCUT2D eigenvalue weighted by molar-refractivity contribution is 5.97. The van der Waals surface area contributed by atoms with Crippen LogP contribution in [-0.4, -0.2) is 22.4 Å². The molecule has 0 fully saturated rings. The third-order valence-electron chi connectivity index (χ3n) is 4.62. The molecule has 0 unspecified atom stereocenters. The number of hydrogen-bond acceptors (Lipinski definition) is 5. The molecule has 1 aromatic heterocycles. The Bertz CT molecular complexity index is 1240. The number of benzene rings is 3. The molecular formula is C23H17N3O4. The Morgan fingerprint density at radius 1 is 0.967 bits per heavy atom. The maximum atomic E-state index is 11.3. The van der Waals surface area contributed by atoms with Crippen LogP contribution < -0.4 is 10.5 Å². The molecule has 0 radical (unpaired) electrons. The topological polar surface area (TPSA) is 108 Å². The van der Waals surface area contributed by atoms with E-state index in [0.29, 0.717) is 16.7 Å². The van der Waals surface area contributed by atoms with E-state index in [1.165, 1.54) is 6.07 Å². The van der Waals surface area contributed by atoms with Gasteiger partial charge in [0.15, 0.2) is 6.61 Å². The number of primary amides is 1. The fourth-order valence-corrected chi connectivity index (χ4v) is 3.21. The molecule has 0 spiro atoms. The van der Waals surface area contributed by atoms with Crippen molar-refractivity contribution in [3.63, 3.8) is 0 Å². The number of fused-ring (bicyclic) bond motifs is 1. The third-order valence-corrected chi connectivity index (χ3v) is 4.62. The van der Waals surface area contributed by atoms with Crippen LogP contribution in [0.5, 0.6) is 5.75 Å². The average molecular weight is 399 g/mol. The van der Waals surface area contributed by atoms with Gasteiger partial charge in [0.2, 0.25) is 0 Å². The van der Waals surface area contributed by atoms with Crippen LogP contribution >= 0.6 is 0 Å². The van der Waals surface area contributed by atoms with E-state index in [0.717, 1.165) is 22.4 Å². The SMILES string of the molecule is NC(=O)COc1ccc(-c2cc(-c3ccccc3)c3cc([N+](=O)[O-])ccc3n2)cc1. The van der Waals surface area contributed by atoms with E-state index in [2.05, 4.69) is 0 Å². The van der Waals surface area contributed by atoms with Gasteiger partial charge in [-0.3, -0.25) is 14.9 Å². The van der Waals surface area contributed by atoms with Crippen molar-refractivity contribution in [1.29, 1.82) is 0 Å². The summed E-state index contributed by atoms with van der Waals surface area (Å²) in [6.07, 6.45) is 0. The predicted molar refractivity (Wildman–Crippen MR) is 114 cm³/mol. The second-order valence-electron chi connectivity index (χ2n) is 6.66. The molecule has 4 aromatic rings. The predicted octanol–water partition coefficient (Wildman–Crippen LogP) is 4.34. The molecule has 4 rings (SSSR count). The zero-order valence-electron chi connectivity index (χ0n) is 15.8. The number of non-ortho nitro benzene ring substituents is 1. The van der Waals surface area contributed by atoms with Gasteiger partial charge < -0.3 is 10.5 Å². The van der Waals surface area contributed by atoms with Crippen LogP contribution in [-0.2, 0) is 4.79 Å². The molecule has 0 saturated heterocycles. The first-order valence-corrected chi connectivity index (χ1v) is 9.17. The zero-order chi connectivity index (χ0) is 21.1. The van der Waals surface area contributed by atoms with Crippen molar-refractivity contribution < 1.29 is 14.5 Å². The van der Waals surface area contributed by atoms with Gasteiger partial charge in [0.1, 0.15) is 5.75 Å². The van der Waals surface area contributed by atoms with Crippen molar-refractivity contribution in [1.82, 2.24) is 4.98 Å². The van der Waals surface area contributed by atoms with Gasteiger partial charge in [-0.05, 0) is 47.5 Å². The number of rotatable bonds is 6. The average Bonchev–Trinajstić information content (AvgIpc) is 2.77. The maximum absolute atomic E-state index is 11.3. The lowest BCUT2D eigenvalue weighted by Crippen LogP contribution is -2.19. The van der Waals surface area contributed by atoms with Gasteiger partial charge in [0, 0.05) is 23.1 Å². The summed E-state index contributed by atoms with van der Waals surface area (Å²) in [6, 6.07) is 23.4. The van der Waals surface area contributed by atoms with Crippen molar-refractivity contribution >= 4 is 22.5 Å². The minimum atomic E-state index is -0.545. The van der Waals surface area contributed by atoms with Crippen LogP contribution in [0.15, 0.2) is 78.9 Å². The molecule has 0 aliphatic rings. The number of amides is 1. The number of nitro benzene ring substituents is 1. The molecule has 1 amide bonds. The number of nitrogens with two attached hydrogens (primary N) is 1. The highest BCUT2D eigenvalue weighted by Gasteiger charge is 2.14. The summed E-state index contributed by atoms with van der Waals surface area (Å²) in [5, 5.41) is 12.0. The number of pyridine rings is 1. The number of hydrogen-bond donors (Lipinski definition) is 1. The lowest BCUT2D eigenvalue weighted by Gasteiger charge is -2.11. The number of ether oxygens (including phenoxy) is 1. The van der Waals surface area contributed by atoms with Crippen LogP contribution in [0.25, 0.3) is 33.3 Å². The van der Waals surface area contributed by atoms with E-state index in [4.69, 9.17) is 15.5 Å². The van der Waals surface area contributed by atoms with Crippen molar-refractivity contribution in [2.24, 2.45) is 5.73 Å². The summed E-state index contributed by atoms with van der Waals surface area (Å²) in [4.78, 5) is 26.4. The van der Waals surface area contributed by atoms with Crippen molar-refractivity contribution in [2.75, 3.05) is 6.61 Å². The fourth-order valence-electron chi connectivity index (χ4n) is 3.21. The van der Waals surface area contributed by atoms with Gasteiger partial charge >= 0.3 is 0 Å². The number of nitrogens with zero attached hydrogens (tertiary/aromatic N) is 2. The van der Waals surface area contributed by atoms with Crippen LogP contribution in [0.2, 0.25) is 0 Å². The third kappa shape index (κ3) is 3.95. The van der Waals surface area contributed by atoms with Gasteiger partial charge in [0.05, 0.1) is 16.1 Å². The Kier molecular flexibility index (Phi) is 5.09. The molecule has 0 aliphatic carbocycles. The zero-order valence-corrected chi connectivity index (χ0v) is 15.8.